The van der Waals surface area contributed by atoms with Crippen LogP contribution in [0, 0.1) is 34.5 Å². The number of carboxylic acid groups (broad SMARTS) is 1. The van der Waals surface area contributed by atoms with E-state index in [0.29, 0.717) is 17.3 Å². The van der Waals surface area contributed by atoms with Crippen LogP contribution in [0.2, 0.25) is 0 Å². The van der Waals surface area contributed by atoms with Gasteiger partial charge >= 0.3 is 5.97 Å². The van der Waals surface area contributed by atoms with Crippen LogP contribution in [-0.4, -0.2) is 22.3 Å². The Morgan fingerprint density at radius 3 is 2.73 bits per heavy atom. The third-order valence-electron chi connectivity index (χ3n) is 9.22. The number of hydrogen-bond acceptors (Lipinski definition) is 2. The summed E-state index contributed by atoms with van der Waals surface area (Å²) in [6.07, 6.45) is 14.2. The molecule has 0 radical (unpaired) electrons. The van der Waals surface area contributed by atoms with Crippen molar-refractivity contribution in [3.05, 3.63) is 11.6 Å². The average Bonchev–Trinajstić information content (AvgIpc) is 2.92. The molecule has 0 aromatic carbocycles. The number of fused-ring (bicyclic) bond motifs is 5. The molecule has 0 aromatic heterocycles. The maximum absolute atomic E-state index is 10.9. The number of aliphatic hydroxyl groups is 1. The van der Waals surface area contributed by atoms with Crippen LogP contribution < -0.4 is 0 Å². The predicted molar refractivity (Wildman–Crippen MR) is 103 cm³/mol. The van der Waals surface area contributed by atoms with E-state index in [-0.39, 0.29) is 6.10 Å². The fourth-order valence-corrected chi connectivity index (χ4v) is 7.72. The van der Waals surface area contributed by atoms with E-state index in [1.165, 1.54) is 32.1 Å². The Bertz CT molecular complexity index is 596. The number of carbonyl (C=O) groups is 1. The summed E-state index contributed by atoms with van der Waals surface area (Å²) in [6, 6.07) is 0. The van der Waals surface area contributed by atoms with Crippen molar-refractivity contribution in [2.24, 2.45) is 34.5 Å². The maximum atomic E-state index is 10.9. The first kappa shape index (κ1) is 18.5. The topological polar surface area (TPSA) is 57.5 Å². The van der Waals surface area contributed by atoms with Gasteiger partial charge in [0.25, 0.3) is 0 Å². The van der Waals surface area contributed by atoms with Crippen molar-refractivity contribution < 1.29 is 15.0 Å². The lowest BCUT2D eigenvalue weighted by Crippen LogP contribution is -2.50. The standard InChI is InChI=1S/C23H36O3/c1-22-13-11-20-18(8-6-16-14-17(24)10-12-23(16,20)2)19(22)9-7-15(22)4-3-5-21(25)26/h6,15,17-20,24H,3-5,7-14H2,1-2H3,(H,25,26)/t15?,17-,18?,19?,20?,22+,23-/m0/s1. The van der Waals surface area contributed by atoms with E-state index in [9.17, 15) is 9.90 Å². The van der Waals surface area contributed by atoms with Crippen LogP contribution in [0.3, 0.4) is 0 Å². The number of aliphatic carboxylic acids is 1. The monoisotopic (exact) mass is 360 g/mol. The van der Waals surface area contributed by atoms with E-state index in [2.05, 4.69) is 19.9 Å². The molecule has 4 aliphatic rings. The van der Waals surface area contributed by atoms with E-state index in [0.717, 1.165) is 55.8 Å². The molecule has 0 saturated heterocycles. The van der Waals surface area contributed by atoms with E-state index in [1.54, 1.807) is 5.57 Å². The second-order valence-corrected chi connectivity index (χ2v) is 10.3. The lowest BCUT2D eigenvalue weighted by atomic mass is 9.47. The third-order valence-corrected chi connectivity index (χ3v) is 9.22. The van der Waals surface area contributed by atoms with Crippen molar-refractivity contribution in [2.75, 3.05) is 0 Å². The number of carboxylic acids is 1. The first-order chi connectivity index (χ1) is 12.3. The quantitative estimate of drug-likeness (QED) is 0.679. The fourth-order valence-electron chi connectivity index (χ4n) is 7.72. The molecule has 3 nitrogen and oxygen atoms in total. The summed E-state index contributed by atoms with van der Waals surface area (Å²) in [5, 5.41) is 19.1. The molecule has 26 heavy (non-hydrogen) atoms. The summed E-state index contributed by atoms with van der Waals surface area (Å²) < 4.78 is 0. The zero-order chi connectivity index (χ0) is 18.5. The highest BCUT2D eigenvalue weighted by Gasteiger charge is 2.58. The molecule has 0 amide bonds. The van der Waals surface area contributed by atoms with Gasteiger partial charge in [-0.15, -0.1) is 0 Å². The van der Waals surface area contributed by atoms with Crippen LogP contribution in [0.5, 0.6) is 0 Å². The Hall–Kier alpha value is -0.830. The van der Waals surface area contributed by atoms with Gasteiger partial charge in [0, 0.05) is 6.42 Å². The molecule has 146 valence electrons. The third kappa shape index (κ3) is 2.85. The SMILES string of the molecule is C[C@]12CCC3C(CC=C4C[C@@H](O)CC[C@@]43C)C1CCC2CCCC(=O)O. The summed E-state index contributed by atoms with van der Waals surface area (Å²) >= 11 is 0. The molecular weight excluding hydrogens is 324 g/mol. The summed E-state index contributed by atoms with van der Waals surface area (Å²) in [7, 11) is 0. The van der Waals surface area contributed by atoms with Crippen LogP contribution in [0.4, 0.5) is 0 Å². The summed E-state index contributed by atoms with van der Waals surface area (Å²) in [5.41, 5.74) is 2.30. The van der Waals surface area contributed by atoms with Gasteiger partial charge in [0.1, 0.15) is 0 Å². The molecule has 4 aliphatic carbocycles. The molecule has 3 heteroatoms. The Balaban J connectivity index is 1.51. The Kier molecular flexibility index (Phi) is 4.74. The summed E-state index contributed by atoms with van der Waals surface area (Å²) in [4.78, 5) is 10.9. The van der Waals surface area contributed by atoms with Crippen molar-refractivity contribution in [3.8, 4) is 0 Å². The second-order valence-electron chi connectivity index (χ2n) is 10.3. The van der Waals surface area contributed by atoms with Gasteiger partial charge in [0.2, 0.25) is 0 Å². The molecule has 0 heterocycles. The summed E-state index contributed by atoms with van der Waals surface area (Å²) in [6.45, 7) is 5.02. The van der Waals surface area contributed by atoms with Gasteiger partial charge < -0.3 is 10.2 Å². The van der Waals surface area contributed by atoms with Gasteiger partial charge in [-0.1, -0.05) is 25.5 Å². The highest BCUT2D eigenvalue weighted by atomic mass is 16.4. The van der Waals surface area contributed by atoms with Crippen LogP contribution in [0.1, 0.15) is 84.5 Å². The molecule has 4 unspecified atom stereocenters. The molecule has 3 fully saturated rings. The average molecular weight is 361 g/mol. The second kappa shape index (κ2) is 6.65. The highest BCUT2D eigenvalue weighted by Crippen LogP contribution is 2.66. The van der Waals surface area contributed by atoms with Crippen LogP contribution in [0.25, 0.3) is 0 Å². The highest BCUT2D eigenvalue weighted by molar-refractivity contribution is 5.66. The van der Waals surface area contributed by atoms with Gasteiger partial charge in [0.15, 0.2) is 0 Å². The molecule has 2 N–H and O–H groups in total. The van der Waals surface area contributed by atoms with E-state index < -0.39 is 5.97 Å². The number of hydrogen-bond donors (Lipinski definition) is 2. The summed E-state index contributed by atoms with van der Waals surface area (Å²) in [5.74, 6) is 2.50. The molecule has 0 aliphatic heterocycles. The normalized spacial score (nSPS) is 47.5. The molecule has 7 atom stereocenters. The van der Waals surface area contributed by atoms with Gasteiger partial charge in [-0.3, -0.25) is 4.79 Å². The Labute approximate surface area is 158 Å². The smallest absolute Gasteiger partial charge is 0.303 e. The molecule has 3 saturated carbocycles. The number of allylic oxidation sites excluding steroid dienone is 1. The van der Waals surface area contributed by atoms with Crippen LogP contribution in [0.15, 0.2) is 11.6 Å². The van der Waals surface area contributed by atoms with Crippen LogP contribution >= 0.6 is 0 Å². The van der Waals surface area contributed by atoms with E-state index in [1.807, 2.05) is 0 Å². The maximum Gasteiger partial charge on any atom is 0.303 e. The van der Waals surface area contributed by atoms with Crippen molar-refractivity contribution in [1.82, 2.24) is 0 Å². The minimum absolute atomic E-state index is 0.121. The van der Waals surface area contributed by atoms with Gasteiger partial charge in [0.05, 0.1) is 6.10 Å². The fraction of sp³-hybridized carbons (Fsp3) is 0.870. The molecule has 0 spiro atoms. The zero-order valence-electron chi connectivity index (χ0n) is 16.5. The van der Waals surface area contributed by atoms with Gasteiger partial charge in [-0.05, 0) is 98.7 Å². The first-order valence-corrected chi connectivity index (χ1v) is 10.9. The minimum atomic E-state index is -0.647. The van der Waals surface area contributed by atoms with E-state index in [4.69, 9.17) is 5.11 Å². The van der Waals surface area contributed by atoms with Crippen molar-refractivity contribution in [3.63, 3.8) is 0 Å². The van der Waals surface area contributed by atoms with Crippen molar-refractivity contribution in [1.29, 1.82) is 0 Å². The van der Waals surface area contributed by atoms with Crippen molar-refractivity contribution in [2.45, 2.75) is 90.6 Å². The van der Waals surface area contributed by atoms with E-state index >= 15 is 0 Å². The Morgan fingerprint density at radius 1 is 1.15 bits per heavy atom. The zero-order valence-corrected chi connectivity index (χ0v) is 16.5. The lowest BCUT2D eigenvalue weighted by Gasteiger charge is -2.58. The first-order valence-electron chi connectivity index (χ1n) is 10.9. The van der Waals surface area contributed by atoms with Crippen molar-refractivity contribution >= 4 is 5.97 Å². The van der Waals surface area contributed by atoms with Gasteiger partial charge in [-0.2, -0.15) is 0 Å². The largest absolute Gasteiger partial charge is 0.481 e. The van der Waals surface area contributed by atoms with Gasteiger partial charge in [-0.25, -0.2) is 0 Å². The predicted octanol–water partition coefficient (Wildman–Crippen LogP) is 5.18. The lowest BCUT2D eigenvalue weighted by molar-refractivity contribution is -0.137. The molecule has 4 rings (SSSR count). The number of rotatable bonds is 4. The number of aliphatic hydroxyl groups excluding tert-OH is 1. The molecule has 0 aromatic rings. The minimum Gasteiger partial charge on any atom is -0.481 e. The molecular formula is C23H36O3. The molecule has 0 bridgehead atoms. The Morgan fingerprint density at radius 2 is 1.96 bits per heavy atom. The van der Waals surface area contributed by atoms with Crippen LogP contribution in [-0.2, 0) is 4.79 Å².